The van der Waals surface area contributed by atoms with Gasteiger partial charge in [-0.05, 0) is 66.0 Å². The van der Waals surface area contributed by atoms with Gasteiger partial charge >= 0.3 is 0 Å². The van der Waals surface area contributed by atoms with E-state index < -0.39 is 0 Å². The van der Waals surface area contributed by atoms with Gasteiger partial charge in [0.05, 0.1) is 11.8 Å². The average molecular weight is 381 g/mol. The number of aromatic nitrogens is 1. The molecule has 1 aliphatic carbocycles. The van der Waals surface area contributed by atoms with Crippen molar-refractivity contribution in [3.8, 4) is 5.69 Å². The van der Waals surface area contributed by atoms with Crippen LogP contribution in [0, 0.1) is 15.9 Å². The lowest BCUT2D eigenvalue weighted by atomic mass is 9.75. The Hall–Kier alpha value is -0.810. The summed E-state index contributed by atoms with van der Waals surface area (Å²) in [6.45, 7) is 6.60. The van der Waals surface area contributed by atoms with Crippen LogP contribution in [-0.4, -0.2) is 9.67 Å². The van der Waals surface area contributed by atoms with Crippen LogP contribution in [0.3, 0.4) is 0 Å². The van der Waals surface area contributed by atoms with Gasteiger partial charge in [0.25, 0.3) is 0 Å². The second kappa shape index (κ2) is 4.88. The summed E-state index contributed by atoms with van der Waals surface area (Å²) in [5, 5.41) is 10.4. The normalized spacial score (nSPS) is 20.8. The molecule has 1 N–H and O–H groups in total. The molecule has 20 heavy (non-hydrogen) atoms. The molecule has 1 aromatic carbocycles. The molecule has 0 saturated heterocycles. The highest BCUT2D eigenvalue weighted by molar-refractivity contribution is 14.1. The van der Waals surface area contributed by atoms with Gasteiger partial charge in [-0.3, -0.25) is 0 Å². The summed E-state index contributed by atoms with van der Waals surface area (Å²) in [5.74, 6) is 0. The molecule has 3 heteroatoms. The molecule has 0 amide bonds. The van der Waals surface area contributed by atoms with Crippen LogP contribution >= 0.6 is 22.6 Å². The number of hydrogen-bond acceptors (Lipinski definition) is 1. The summed E-state index contributed by atoms with van der Waals surface area (Å²) < 4.78 is 3.56. The number of benzene rings is 1. The highest BCUT2D eigenvalue weighted by Crippen LogP contribution is 2.43. The molecule has 3 rings (SSSR count). The number of aliphatic hydroxyl groups excluding tert-OH is 1. The summed E-state index contributed by atoms with van der Waals surface area (Å²) in [4.78, 5) is 0. The Labute approximate surface area is 134 Å². The SMILES string of the molecule is Cc1cc2c(n1-c1ccccc1I)CC(C)(C)CC2O. The van der Waals surface area contributed by atoms with Crippen molar-refractivity contribution < 1.29 is 5.11 Å². The minimum atomic E-state index is -0.338. The second-order valence-corrected chi connectivity index (χ2v) is 7.70. The van der Waals surface area contributed by atoms with Gasteiger partial charge in [0.2, 0.25) is 0 Å². The van der Waals surface area contributed by atoms with E-state index in [1.165, 1.54) is 20.6 Å². The van der Waals surface area contributed by atoms with Crippen molar-refractivity contribution in [2.75, 3.05) is 0 Å². The number of aliphatic hydroxyl groups is 1. The molecule has 1 atom stereocenters. The first-order chi connectivity index (χ1) is 9.39. The van der Waals surface area contributed by atoms with E-state index >= 15 is 0 Å². The van der Waals surface area contributed by atoms with E-state index in [0.29, 0.717) is 0 Å². The lowest BCUT2D eigenvalue weighted by Crippen LogP contribution is -2.26. The number of hydrogen-bond donors (Lipinski definition) is 1. The molecule has 0 radical (unpaired) electrons. The molecule has 2 nitrogen and oxygen atoms in total. The Bertz CT molecular complexity index is 657. The van der Waals surface area contributed by atoms with Crippen molar-refractivity contribution in [2.24, 2.45) is 5.41 Å². The van der Waals surface area contributed by atoms with E-state index in [0.717, 1.165) is 18.4 Å². The summed E-state index contributed by atoms with van der Waals surface area (Å²) in [6, 6.07) is 10.6. The Kier molecular flexibility index (Phi) is 3.45. The lowest BCUT2D eigenvalue weighted by Gasteiger charge is -2.34. The summed E-state index contributed by atoms with van der Waals surface area (Å²) in [6.07, 6.45) is 1.52. The Morgan fingerprint density at radius 3 is 2.70 bits per heavy atom. The van der Waals surface area contributed by atoms with E-state index in [1.54, 1.807) is 0 Å². The van der Waals surface area contributed by atoms with Crippen LogP contribution in [0.1, 0.15) is 43.3 Å². The highest BCUT2D eigenvalue weighted by atomic mass is 127. The van der Waals surface area contributed by atoms with Gasteiger partial charge in [-0.1, -0.05) is 26.0 Å². The van der Waals surface area contributed by atoms with Crippen molar-refractivity contribution >= 4 is 22.6 Å². The van der Waals surface area contributed by atoms with Crippen molar-refractivity contribution in [2.45, 2.75) is 39.7 Å². The number of halogens is 1. The maximum absolute atomic E-state index is 10.4. The minimum Gasteiger partial charge on any atom is -0.388 e. The van der Waals surface area contributed by atoms with Crippen molar-refractivity contribution in [3.05, 3.63) is 50.9 Å². The summed E-state index contributed by atoms with van der Waals surface area (Å²) in [5.41, 5.74) is 4.96. The zero-order valence-electron chi connectivity index (χ0n) is 12.2. The highest BCUT2D eigenvalue weighted by Gasteiger charge is 2.34. The molecule has 1 aliphatic rings. The van der Waals surface area contributed by atoms with E-state index in [4.69, 9.17) is 0 Å². The molecule has 0 bridgehead atoms. The second-order valence-electron chi connectivity index (χ2n) is 6.54. The quantitative estimate of drug-likeness (QED) is 0.728. The topological polar surface area (TPSA) is 25.2 Å². The third kappa shape index (κ3) is 2.31. The number of fused-ring (bicyclic) bond motifs is 1. The number of nitrogens with zero attached hydrogens (tertiary/aromatic N) is 1. The van der Waals surface area contributed by atoms with Crippen LogP contribution < -0.4 is 0 Å². The molecule has 1 aromatic heterocycles. The van der Waals surface area contributed by atoms with Gasteiger partial charge in [0.15, 0.2) is 0 Å². The Morgan fingerprint density at radius 1 is 1.30 bits per heavy atom. The third-order valence-electron chi connectivity index (χ3n) is 4.16. The van der Waals surface area contributed by atoms with Crippen LogP contribution in [0.4, 0.5) is 0 Å². The van der Waals surface area contributed by atoms with E-state index in [-0.39, 0.29) is 11.5 Å². The molecule has 0 fully saturated rings. The third-order valence-corrected chi connectivity index (χ3v) is 5.08. The zero-order chi connectivity index (χ0) is 14.5. The number of rotatable bonds is 1. The summed E-state index contributed by atoms with van der Waals surface area (Å²) >= 11 is 2.38. The van der Waals surface area contributed by atoms with Crippen LogP contribution in [0.5, 0.6) is 0 Å². The predicted octanol–water partition coefficient (Wildman–Crippen LogP) is 4.40. The van der Waals surface area contributed by atoms with Gasteiger partial charge in [-0.2, -0.15) is 0 Å². The summed E-state index contributed by atoms with van der Waals surface area (Å²) in [7, 11) is 0. The lowest BCUT2D eigenvalue weighted by molar-refractivity contribution is 0.0987. The predicted molar refractivity (Wildman–Crippen MR) is 90.3 cm³/mol. The molecule has 0 aliphatic heterocycles. The standard InChI is InChI=1S/C17H20INO/c1-11-8-12-15(9-17(2,3)10-16(12)20)19(11)14-7-5-4-6-13(14)18/h4-8,16,20H,9-10H2,1-3H3. The molecule has 106 valence electrons. The monoisotopic (exact) mass is 381 g/mol. The molecule has 1 heterocycles. The van der Waals surface area contributed by atoms with Crippen LogP contribution in [-0.2, 0) is 6.42 Å². The first kappa shape index (κ1) is 14.1. The van der Waals surface area contributed by atoms with E-state index in [9.17, 15) is 5.11 Å². The molecule has 0 saturated carbocycles. The fourth-order valence-electron chi connectivity index (χ4n) is 3.31. The van der Waals surface area contributed by atoms with E-state index in [2.05, 4.69) is 78.3 Å². The van der Waals surface area contributed by atoms with Gasteiger partial charge < -0.3 is 9.67 Å². The minimum absolute atomic E-state index is 0.148. The Balaban J connectivity index is 2.22. The smallest absolute Gasteiger partial charge is 0.0812 e. The van der Waals surface area contributed by atoms with Gasteiger partial charge in [-0.25, -0.2) is 0 Å². The van der Waals surface area contributed by atoms with E-state index in [1.807, 2.05) is 0 Å². The maximum atomic E-state index is 10.4. The maximum Gasteiger partial charge on any atom is 0.0812 e. The van der Waals surface area contributed by atoms with Gasteiger partial charge in [0.1, 0.15) is 0 Å². The molecule has 0 spiro atoms. The molecular weight excluding hydrogens is 361 g/mol. The fourth-order valence-corrected chi connectivity index (χ4v) is 3.94. The van der Waals surface area contributed by atoms with Gasteiger partial charge in [-0.15, -0.1) is 0 Å². The average Bonchev–Trinajstić information content (AvgIpc) is 2.66. The zero-order valence-corrected chi connectivity index (χ0v) is 14.3. The van der Waals surface area contributed by atoms with Crippen LogP contribution in [0.15, 0.2) is 30.3 Å². The molecule has 2 aromatic rings. The van der Waals surface area contributed by atoms with Crippen molar-refractivity contribution in [3.63, 3.8) is 0 Å². The van der Waals surface area contributed by atoms with Crippen molar-refractivity contribution in [1.82, 2.24) is 4.57 Å². The first-order valence-corrected chi connectivity index (χ1v) is 8.11. The number of aryl methyl sites for hydroxylation is 1. The Morgan fingerprint density at radius 2 is 2.00 bits per heavy atom. The van der Waals surface area contributed by atoms with Gasteiger partial charge in [0, 0.05) is 20.5 Å². The molecule has 1 unspecified atom stereocenters. The number of para-hydroxylation sites is 1. The fraction of sp³-hybridized carbons (Fsp3) is 0.412. The van der Waals surface area contributed by atoms with Crippen molar-refractivity contribution in [1.29, 1.82) is 0 Å². The largest absolute Gasteiger partial charge is 0.388 e. The van der Waals surface area contributed by atoms with Crippen LogP contribution in [0.25, 0.3) is 5.69 Å². The van der Waals surface area contributed by atoms with Crippen LogP contribution in [0.2, 0.25) is 0 Å². The molecular formula is C17H20INO. The first-order valence-electron chi connectivity index (χ1n) is 7.03.